The van der Waals surface area contributed by atoms with Crippen LogP contribution in [0.25, 0.3) is 5.70 Å². The average molecular weight is 446 g/mol. The summed E-state index contributed by atoms with van der Waals surface area (Å²) in [6.07, 6.45) is 2.76. The third-order valence-corrected chi connectivity index (χ3v) is 5.51. The van der Waals surface area contributed by atoms with Crippen LogP contribution in [0.1, 0.15) is 29.3 Å². The number of amides is 1. The van der Waals surface area contributed by atoms with Gasteiger partial charge in [0.1, 0.15) is 5.82 Å². The zero-order chi connectivity index (χ0) is 23.0. The van der Waals surface area contributed by atoms with Crippen LogP contribution in [-0.2, 0) is 4.74 Å². The molecular weight excluding hydrogens is 417 g/mol. The molecule has 1 amide bonds. The largest absolute Gasteiger partial charge is 0.378 e. The van der Waals surface area contributed by atoms with Gasteiger partial charge in [-0.15, -0.1) is 0 Å². The van der Waals surface area contributed by atoms with Crippen LogP contribution in [0.2, 0.25) is 0 Å². The van der Waals surface area contributed by atoms with Crippen LogP contribution in [0, 0.1) is 5.82 Å². The highest BCUT2D eigenvalue weighted by atomic mass is 19.1. The molecule has 3 aromatic rings. The number of morpholine rings is 1. The highest BCUT2D eigenvalue weighted by Crippen LogP contribution is 2.22. The minimum absolute atomic E-state index is 0.156. The quantitative estimate of drug-likeness (QED) is 0.498. The maximum absolute atomic E-state index is 13.9. The van der Waals surface area contributed by atoms with Gasteiger partial charge in [-0.1, -0.05) is 37.3 Å². The topological polar surface area (TPSA) is 53.6 Å². The fourth-order valence-electron chi connectivity index (χ4n) is 3.74. The number of nitrogens with one attached hydrogen (secondary N) is 2. The van der Waals surface area contributed by atoms with E-state index in [2.05, 4.69) is 15.5 Å². The Bertz CT molecular complexity index is 1100. The molecular formula is C27H28FN3O2. The number of ether oxygens (including phenoxy) is 1. The van der Waals surface area contributed by atoms with Gasteiger partial charge >= 0.3 is 0 Å². The number of nitrogens with zero attached hydrogens (tertiary/aromatic N) is 1. The molecule has 1 heterocycles. The van der Waals surface area contributed by atoms with Gasteiger partial charge in [0.25, 0.3) is 5.91 Å². The van der Waals surface area contributed by atoms with Crippen molar-refractivity contribution < 1.29 is 13.9 Å². The highest BCUT2D eigenvalue weighted by Gasteiger charge is 2.13. The van der Waals surface area contributed by atoms with Gasteiger partial charge in [-0.2, -0.15) is 0 Å². The monoisotopic (exact) mass is 445 g/mol. The Labute approximate surface area is 193 Å². The van der Waals surface area contributed by atoms with Crippen molar-refractivity contribution in [2.75, 3.05) is 36.5 Å². The van der Waals surface area contributed by atoms with Crippen LogP contribution < -0.4 is 15.5 Å². The minimum Gasteiger partial charge on any atom is -0.378 e. The third-order valence-electron chi connectivity index (χ3n) is 5.51. The van der Waals surface area contributed by atoms with Gasteiger partial charge in [-0.3, -0.25) is 4.79 Å². The lowest BCUT2D eigenvalue weighted by atomic mass is 10.1. The normalized spacial score (nSPS) is 14.1. The van der Waals surface area contributed by atoms with Gasteiger partial charge in [-0.05, 0) is 60.5 Å². The number of carbonyl (C=O) groups is 1. The number of para-hydroxylation sites is 1. The molecule has 3 aromatic carbocycles. The summed E-state index contributed by atoms with van der Waals surface area (Å²) in [4.78, 5) is 15.2. The van der Waals surface area contributed by atoms with E-state index in [-0.39, 0.29) is 11.7 Å². The molecule has 6 heteroatoms. The zero-order valence-corrected chi connectivity index (χ0v) is 18.7. The summed E-state index contributed by atoms with van der Waals surface area (Å²) < 4.78 is 19.3. The lowest BCUT2D eigenvalue weighted by Gasteiger charge is -2.28. The number of rotatable bonds is 7. The minimum atomic E-state index is -0.306. The maximum atomic E-state index is 13.9. The van der Waals surface area contributed by atoms with Crippen molar-refractivity contribution in [2.45, 2.75) is 13.3 Å². The molecule has 0 aliphatic carbocycles. The first-order valence-corrected chi connectivity index (χ1v) is 11.2. The second kappa shape index (κ2) is 10.8. The number of allylic oxidation sites excluding steroid dienone is 1. The van der Waals surface area contributed by atoms with Gasteiger partial charge in [0.05, 0.1) is 18.9 Å². The fourth-order valence-corrected chi connectivity index (χ4v) is 3.74. The fraction of sp³-hybridized carbons (Fsp3) is 0.222. The maximum Gasteiger partial charge on any atom is 0.255 e. The van der Waals surface area contributed by atoms with Gasteiger partial charge in [-0.25, -0.2) is 4.39 Å². The van der Waals surface area contributed by atoms with E-state index in [9.17, 15) is 9.18 Å². The molecule has 4 rings (SSSR count). The number of halogens is 1. The summed E-state index contributed by atoms with van der Waals surface area (Å²) in [6, 6.07) is 21.8. The Hall–Kier alpha value is -3.64. The predicted octanol–water partition coefficient (Wildman–Crippen LogP) is 5.59. The van der Waals surface area contributed by atoms with E-state index in [1.54, 1.807) is 18.2 Å². The molecule has 0 spiro atoms. The molecule has 170 valence electrons. The molecule has 0 saturated carbocycles. The summed E-state index contributed by atoms with van der Waals surface area (Å²) in [7, 11) is 0. The SMILES string of the molecule is CCC=C(NC(=O)c1ccc(N2CCOCC2)cc1)c1ccc(Nc2ccccc2F)cc1. The smallest absolute Gasteiger partial charge is 0.255 e. The van der Waals surface area contributed by atoms with E-state index in [0.29, 0.717) is 11.3 Å². The van der Waals surface area contributed by atoms with E-state index in [4.69, 9.17) is 4.74 Å². The summed E-state index contributed by atoms with van der Waals surface area (Å²) in [6.45, 7) is 5.19. The molecule has 0 unspecified atom stereocenters. The second-order valence-electron chi connectivity index (χ2n) is 7.81. The summed E-state index contributed by atoms with van der Waals surface area (Å²) in [5.41, 5.74) is 4.52. The van der Waals surface area contributed by atoms with Crippen LogP contribution >= 0.6 is 0 Å². The van der Waals surface area contributed by atoms with E-state index >= 15 is 0 Å². The number of hydrogen-bond donors (Lipinski definition) is 2. The first-order valence-electron chi connectivity index (χ1n) is 11.2. The van der Waals surface area contributed by atoms with Crippen molar-refractivity contribution in [1.82, 2.24) is 5.32 Å². The Morgan fingerprint density at radius 1 is 0.970 bits per heavy atom. The van der Waals surface area contributed by atoms with Crippen molar-refractivity contribution >= 4 is 28.7 Å². The molecule has 1 aliphatic heterocycles. The molecule has 33 heavy (non-hydrogen) atoms. The summed E-state index contributed by atoms with van der Waals surface area (Å²) >= 11 is 0. The van der Waals surface area contributed by atoms with Gasteiger partial charge in [0.15, 0.2) is 0 Å². The van der Waals surface area contributed by atoms with Gasteiger partial charge < -0.3 is 20.3 Å². The molecule has 0 bridgehead atoms. The molecule has 5 nitrogen and oxygen atoms in total. The Balaban J connectivity index is 1.43. The number of hydrogen-bond acceptors (Lipinski definition) is 4. The molecule has 2 N–H and O–H groups in total. The van der Waals surface area contributed by atoms with Crippen molar-refractivity contribution in [3.05, 3.63) is 95.8 Å². The summed E-state index contributed by atoms with van der Waals surface area (Å²) in [5, 5.41) is 6.11. The Morgan fingerprint density at radius 3 is 2.30 bits per heavy atom. The molecule has 0 aromatic heterocycles. The molecule has 1 fully saturated rings. The average Bonchev–Trinajstić information content (AvgIpc) is 2.86. The first-order chi connectivity index (χ1) is 16.1. The zero-order valence-electron chi connectivity index (χ0n) is 18.7. The second-order valence-corrected chi connectivity index (χ2v) is 7.81. The van der Waals surface area contributed by atoms with Crippen molar-refractivity contribution in [2.24, 2.45) is 0 Å². The van der Waals surface area contributed by atoms with Crippen molar-refractivity contribution in [3.8, 4) is 0 Å². The Kier molecular flexibility index (Phi) is 7.37. The number of carbonyl (C=O) groups excluding carboxylic acids is 1. The highest BCUT2D eigenvalue weighted by molar-refractivity contribution is 5.99. The first kappa shape index (κ1) is 22.6. The molecule has 1 aliphatic rings. The molecule has 0 radical (unpaired) electrons. The van der Waals surface area contributed by atoms with Gasteiger partial charge in [0, 0.05) is 35.7 Å². The van der Waals surface area contributed by atoms with Gasteiger partial charge in [0.2, 0.25) is 0 Å². The third kappa shape index (κ3) is 5.79. The predicted molar refractivity (Wildman–Crippen MR) is 131 cm³/mol. The van der Waals surface area contributed by atoms with Crippen LogP contribution in [0.15, 0.2) is 78.9 Å². The summed E-state index contributed by atoms with van der Waals surface area (Å²) in [5.74, 6) is -0.461. The van der Waals surface area contributed by atoms with E-state index < -0.39 is 0 Å². The Morgan fingerprint density at radius 2 is 1.64 bits per heavy atom. The lowest BCUT2D eigenvalue weighted by molar-refractivity contribution is 0.0973. The lowest BCUT2D eigenvalue weighted by Crippen LogP contribution is -2.36. The van der Waals surface area contributed by atoms with Crippen molar-refractivity contribution in [1.29, 1.82) is 0 Å². The van der Waals surface area contributed by atoms with Crippen LogP contribution in [-0.4, -0.2) is 32.2 Å². The van der Waals surface area contributed by atoms with E-state index in [1.165, 1.54) is 6.07 Å². The number of anilines is 3. The van der Waals surface area contributed by atoms with Crippen LogP contribution in [0.4, 0.5) is 21.5 Å². The van der Waals surface area contributed by atoms with Crippen LogP contribution in [0.5, 0.6) is 0 Å². The molecule has 0 atom stereocenters. The van der Waals surface area contributed by atoms with E-state index in [0.717, 1.165) is 55.4 Å². The standard InChI is InChI=1S/C27H28FN3O2/c1-2-5-25(20-8-12-22(13-9-20)29-26-7-4-3-6-24(26)28)30-27(32)21-10-14-23(15-11-21)31-16-18-33-19-17-31/h3-15,29H,2,16-19H2,1H3,(H,30,32). The van der Waals surface area contributed by atoms with Crippen molar-refractivity contribution in [3.63, 3.8) is 0 Å². The number of benzene rings is 3. The van der Waals surface area contributed by atoms with Crippen LogP contribution in [0.3, 0.4) is 0 Å². The van der Waals surface area contributed by atoms with E-state index in [1.807, 2.05) is 61.5 Å². The molecule has 1 saturated heterocycles.